The van der Waals surface area contributed by atoms with E-state index in [9.17, 15) is 4.79 Å². The number of ether oxygens (including phenoxy) is 1. The number of aromatic nitrogens is 2. The highest BCUT2D eigenvalue weighted by Gasteiger charge is 2.25. The van der Waals surface area contributed by atoms with E-state index in [4.69, 9.17) is 4.74 Å². The van der Waals surface area contributed by atoms with Crippen molar-refractivity contribution < 1.29 is 9.53 Å². The van der Waals surface area contributed by atoms with Crippen LogP contribution in [0.5, 0.6) is 5.88 Å². The third kappa shape index (κ3) is 3.37. The molecule has 21 heavy (non-hydrogen) atoms. The van der Waals surface area contributed by atoms with Crippen LogP contribution >= 0.6 is 0 Å². The Bertz CT molecular complexity index is 589. The van der Waals surface area contributed by atoms with E-state index in [2.05, 4.69) is 10.2 Å². The number of piperidine rings is 1. The fourth-order valence-electron chi connectivity index (χ4n) is 2.50. The van der Waals surface area contributed by atoms with Crippen LogP contribution < -0.4 is 4.74 Å². The van der Waals surface area contributed by atoms with Crippen LogP contribution in [0.4, 0.5) is 0 Å². The number of hydrogen-bond donors (Lipinski definition) is 0. The minimum absolute atomic E-state index is 0.0249. The summed E-state index contributed by atoms with van der Waals surface area (Å²) in [4.78, 5) is 14.3. The van der Waals surface area contributed by atoms with Crippen LogP contribution in [0.25, 0.3) is 0 Å². The fourth-order valence-corrected chi connectivity index (χ4v) is 2.50. The predicted octanol–water partition coefficient (Wildman–Crippen LogP) is 2.16. The molecule has 1 saturated heterocycles. The molecule has 1 unspecified atom stereocenters. The van der Waals surface area contributed by atoms with Gasteiger partial charge < -0.3 is 9.64 Å². The molecule has 108 valence electrons. The number of carbonyl (C=O) groups is 1. The summed E-state index contributed by atoms with van der Waals surface area (Å²) in [5.41, 5.74) is 0.720. The quantitative estimate of drug-likeness (QED) is 0.866. The molecule has 2 heterocycles. The molecule has 1 aromatic heterocycles. The molecule has 3 rings (SSSR count). The lowest BCUT2D eigenvalue weighted by Crippen LogP contribution is -2.44. The zero-order chi connectivity index (χ0) is 14.5. The first-order chi connectivity index (χ1) is 10.3. The molecule has 1 aromatic carbocycles. The van der Waals surface area contributed by atoms with E-state index in [0.717, 1.165) is 24.9 Å². The second-order valence-electron chi connectivity index (χ2n) is 5.06. The van der Waals surface area contributed by atoms with Gasteiger partial charge in [-0.05, 0) is 31.0 Å². The first-order valence-corrected chi connectivity index (χ1v) is 7.11. The monoisotopic (exact) mass is 283 g/mol. The number of likely N-dealkylation sites (tertiary alicyclic amines) is 1. The fraction of sp³-hybridized carbons (Fsp3) is 0.312. The van der Waals surface area contributed by atoms with Crippen molar-refractivity contribution in [1.29, 1.82) is 0 Å². The second-order valence-corrected chi connectivity index (χ2v) is 5.06. The number of amides is 1. The van der Waals surface area contributed by atoms with Gasteiger partial charge in [0.15, 0.2) is 0 Å². The third-order valence-electron chi connectivity index (χ3n) is 3.52. The van der Waals surface area contributed by atoms with Crippen LogP contribution in [0, 0.1) is 0 Å². The molecule has 0 N–H and O–H groups in total. The van der Waals surface area contributed by atoms with Gasteiger partial charge in [0.05, 0.1) is 6.54 Å². The second kappa shape index (κ2) is 6.35. The van der Waals surface area contributed by atoms with Gasteiger partial charge >= 0.3 is 0 Å². The van der Waals surface area contributed by atoms with Crippen molar-refractivity contribution in [2.45, 2.75) is 18.9 Å². The Morgan fingerprint density at radius 2 is 2.05 bits per heavy atom. The van der Waals surface area contributed by atoms with Crippen molar-refractivity contribution in [1.82, 2.24) is 15.1 Å². The van der Waals surface area contributed by atoms with Crippen LogP contribution in [-0.4, -0.2) is 40.2 Å². The number of nitrogens with zero attached hydrogens (tertiary/aromatic N) is 3. The van der Waals surface area contributed by atoms with Gasteiger partial charge in [-0.15, -0.1) is 5.10 Å². The zero-order valence-electron chi connectivity index (χ0n) is 11.7. The molecule has 0 spiro atoms. The lowest BCUT2D eigenvalue weighted by atomic mass is 10.1. The molecule has 1 fully saturated rings. The van der Waals surface area contributed by atoms with Gasteiger partial charge in [0.2, 0.25) is 5.88 Å². The topological polar surface area (TPSA) is 55.3 Å². The summed E-state index contributed by atoms with van der Waals surface area (Å²) in [5, 5.41) is 7.72. The number of carbonyl (C=O) groups excluding carboxylic acids is 1. The molecular weight excluding hydrogens is 266 g/mol. The molecule has 0 aliphatic carbocycles. The van der Waals surface area contributed by atoms with Crippen molar-refractivity contribution in [2.75, 3.05) is 13.1 Å². The van der Waals surface area contributed by atoms with Crippen molar-refractivity contribution in [3.8, 4) is 5.88 Å². The van der Waals surface area contributed by atoms with Gasteiger partial charge in [-0.25, -0.2) is 0 Å². The highest BCUT2D eigenvalue weighted by Crippen LogP contribution is 2.17. The molecule has 0 saturated carbocycles. The summed E-state index contributed by atoms with van der Waals surface area (Å²) in [7, 11) is 0. The maximum absolute atomic E-state index is 12.4. The zero-order valence-corrected chi connectivity index (χ0v) is 11.7. The van der Waals surface area contributed by atoms with Crippen molar-refractivity contribution in [3.05, 3.63) is 54.2 Å². The van der Waals surface area contributed by atoms with Crippen LogP contribution in [0.3, 0.4) is 0 Å². The maximum Gasteiger partial charge on any atom is 0.253 e. The van der Waals surface area contributed by atoms with Crippen LogP contribution in [0.2, 0.25) is 0 Å². The van der Waals surface area contributed by atoms with E-state index in [1.807, 2.05) is 35.2 Å². The average molecular weight is 283 g/mol. The van der Waals surface area contributed by atoms with Gasteiger partial charge in [-0.2, -0.15) is 5.10 Å². The number of benzene rings is 1. The highest BCUT2D eigenvalue weighted by atomic mass is 16.5. The average Bonchev–Trinajstić information content (AvgIpc) is 2.56. The molecule has 5 nitrogen and oxygen atoms in total. The summed E-state index contributed by atoms with van der Waals surface area (Å²) in [6, 6.07) is 12.9. The minimum atomic E-state index is -0.0249. The predicted molar refractivity (Wildman–Crippen MR) is 78.0 cm³/mol. The molecular formula is C16H17N3O2. The van der Waals surface area contributed by atoms with Crippen molar-refractivity contribution in [3.63, 3.8) is 0 Å². The summed E-state index contributed by atoms with van der Waals surface area (Å²) in [6.45, 7) is 1.36. The van der Waals surface area contributed by atoms with Gasteiger partial charge in [-0.3, -0.25) is 4.79 Å². The minimum Gasteiger partial charge on any atom is -0.471 e. The molecule has 1 aliphatic rings. The molecule has 1 atom stereocenters. The first-order valence-electron chi connectivity index (χ1n) is 7.11. The molecule has 0 radical (unpaired) electrons. The Balaban J connectivity index is 1.64. The Hall–Kier alpha value is -2.43. The standard InChI is InChI=1S/C16H17N3O2/c20-16(13-6-2-1-3-7-13)19-11-5-8-14(12-19)21-15-9-4-10-17-18-15/h1-4,6-7,9-10,14H,5,8,11-12H2. The summed E-state index contributed by atoms with van der Waals surface area (Å²) in [5.74, 6) is 0.569. The van der Waals surface area contributed by atoms with Crippen molar-refractivity contribution >= 4 is 5.91 Å². The SMILES string of the molecule is O=C(c1ccccc1)N1CCCC(Oc2cccnn2)C1. The summed E-state index contributed by atoms with van der Waals surface area (Å²) in [6.07, 6.45) is 3.44. The van der Waals surface area contributed by atoms with E-state index >= 15 is 0 Å². The van der Waals surface area contributed by atoms with E-state index in [1.54, 1.807) is 18.3 Å². The first kappa shape index (κ1) is 13.5. The Morgan fingerprint density at radius 3 is 2.81 bits per heavy atom. The van der Waals surface area contributed by atoms with Crippen molar-refractivity contribution in [2.24, 2.45) is 0 Å². The van der Waals surface area contributed by atoms with Gasteiger partial charge in [-0.1, -0.05) is 18.2 Å². The van der Waals surface area contributed by atoms with Gasteiger partial charge in [0.25, 0.3) is 5.91 Å². The molecule has 1 aliphatic heterocycles. The molecule has 2 aromatic rings. The molecule has 5 heteroatoms. The Labute approximate surface area is 123 Å². The summed E-state index contributed by atoms with van der Waals surface area (Å²) >= 11 is 0. The number of hydrogen-bond acceptors (Lipinski definition) is 4. The maximum atomic E-state index is 12.4. The normalized spacial score (nSPS) is 18.3. The molecule has 0 bridgehead atoms. The largest absolute Gasteiger partial charge is 0.471 e. The van der Waals surface area contributed by atoms with E-state index in [0.29, 0.717) is 12.4 Å². The van der Waals surface area contributed by atoms with E-state index < -0.39 is 0 Å². The lowest BCUT2D eigenvalue weighted by molar-refractivity contribution is 0.0525. The Morgan fingerprint density at radius 1 is 1.19 bits per heavy atom. The smallest absolute Gasteiger partial charge is 0.253 e. The van der Waals surface area contributed by atoms with E-state index in [1.165, 1.54) is 0 Å². The number of rotatable bonds is 3. The third-order valence-corrected chi connectivity index (χ3v) is 3.52. The highest BCUT2D eigenvalue weighted by molar-refractivity contribution is 5.94. The van der Waals surface area contributed by atoms with Crippen LogP contribution in [0.1, 0.15) is 23.2 Å². The van der Waals surface area contributed by atoms with Gasteiger partial charge in [0, 0.05) is 24.4 Å². The summed E-state index contributed by atoms with van der Waals surface area (Å²) < 4.78 is 5.80. The van der Waals surface area contributed by atoms with E-state index in [-0.39, 0.29) is 12.0 Å². The Kier molecular flexibility index (Phi) is 4.09. The molecule has 1 amide bonds. The van der Waals surface area contributed by atoms with Crippen LogP contribution in [-0.2, 0) is 0 Å². The lowest BCUT2D eigenvalue weighted by Gasteiger charge is -2.32. The van der Waals surface area contributed by atoms with Gasteiger partial charge in [0.1, 0.15) is 6.10 Å². The van der Waals surface area contributed by atoms with Crippen LogP contribution in [0.15, 0.2) is 48.7 Å².